The molecule has 0 aliphatic rings. The van der Waals surface area contributed by atoms with E-state index in [1.165, 1.54) is 20.3 Å². The van der Waals surface area contributed by atoms with Gasteiger partial charge in [0.25, 0.3) is 10.1 Å². The number of hydrogen-bond donors (Lipinski definition) is 1. The summed E-state index contributed by atoms with van der Waals surface area (Å²) in [6.45, 7) is 0. The highest BCUT2D eigenvalue weighted by atomic mass is 32.2. The van der Waals surface area contributed by atoms with Crippen molar-refractivity contribution < 1.29 is 22.4 Å². The number of benzene rings is 1. The maximum atomic E-state index is 10.8. The van der Waals surface area contributed by atoms with E-state index in [0.717, 1.165) is 6.07 Å². The minimum absolute atomic E-state index is 0.178. The first-order chi connectivity index (χ1) is 6.47. The van der Waals surface area contributed by atoms with Crippen LogP contribution in [0.4, 0.5) is 0 Å². The Morgan fingerprint density at radius 1 is 1.29 bits per heavy atom. The highest BCUT2D eigenvalue weighted by Crippen LogP contribution is 2.24. The van der Waals surface area contributed by atoms with Crippen molar-refractivity contribution in [3.05, 3.63) is 18.2 Å². The van der Waals surface area contributed by atoms with Crippen LogP contribution in [0.1, 0.15) is 0 Å². The fourth-order valence-electron chi connectivity index (χ4n) is 0.860. The quantitative estimate of drug-likeness (QED) is 0.756. The lowest BCUT2D eigenvalue weighted by molar-refractivity contribution is 0.390. The third-order valence-electron chi connectivity index (χ3n) is 1.53. The average Bonchev–Trinajstić information content (AvgIpc) is 2.15. The van der Waals surface area contributed by atoms with Gasteiger partial charge in [-0.3, -0.25) is 4.55 Å². The van der Waals surface area contributed by atoms with Crippen molar-refractivity contribution in [1.82, 2.24) is 0 Å². The number of methoxy groups -OCH3 is 2. The van der Waals surface area contributed by atoms with Crippen LogP contribution in [0.25, 0.3) is 0 Å². The van der Waals surface area contributed by atoms with Crippen molar-refractivity contribution in [1.29, 1.82) is 0 Å². The molecule has 1 N–H and O–H groups in total. The maximum absolute atomic E-state index is 10.8. The van der Waals surface area contributed by atoms with Gasteiger partial charge in [0.15, 0.2) is 0 Å². The van der Waals surface area contributed by atoms with Gasteiger partial charge in [-0.25, -0.2) is 0 Å². The second-order valence-electron chi connectivity index (χ2n) is 2.43. The molecular weight excluding hydrogens is 208 g/mol. The molecule has 0 saturated heterocycles. The minimum atomic E-state index is -4.28. The second-order valence-corrected chi connectivity index (χ2v) is 3.82. The molecule has 1 radical (unpaired) electrons. The summed E-state index contributed by atoms with van der Waals surface area (Å²) in [7, 11) is -1.55. The van der Waals surface area contributed by atoms with Crippen LogP contribution in [-0.2, 0) is 10.1 Å². The molecule has 0 heterocycles. The lowest BCUT2D eigenvalue weighted by atomic mass is 10.3. The Kier molecular flexibility index (Phi) is 2.97. The van der Waals surface area contributed by atoms with Crippen LogP contribution in [0, 0.1) is 6.07 Å². The highest BCUT2D eigenvalue weighted by molar-refractivity contribution is 7.85. The van der Waals surface area contributed by atoms with Crippen LogP contribution in [-0.4, -0.2) is 27.2 Å². The van der Waals surface area contributed by atoms with Crippen molar-refractivity contribution in [2.75, 3.05) is 14.2 Å². The third kappa shape index (κ3) is 2.36. The van der Waals surface area contributed by atoms with Crippen LogP contribution >= 0.6 is 0 Å². The molecule has 0 unspecified atom stereocenters. The Balaban J connectivity index is 3.32. The molecule has 14 heavy (non-hydrogen) atoms. The summed E-state index contributed by atoms with van der Waals surface area (Å²) in [6, 6.07) is 4.97. The number of ether oxygens (including phenoxy) is 2. The standard InChI is InChI=1S/C8H9O5S/c1-12-6-3-7(13-2)5-8(4-6)14(9,10)11/h3-4H,1-2H3,(H,9,10,11). The van der Waals surface area contributed by atoms with E-state index in [4.69, 9.17) is 14.0 Å². The highest BCUT2D eigenvalue weighted by Gasteiger charge is 2.13. The van der Waals surface area contributed by atoms with Crippen molar-refractivity contribution >= 4 is 10.1 Å². The third-order valence-corrected chi connectivity index (χ3v) is 2.30. The average molecular weight is 217 g/mol. The Morgan fingerprint density at radius 2 is 1.93 bits per heavy atom. The van der Waals surface area contributed by atoms with Gasteiger partial charge >= 0.3 is 0 Å². The zero-order chi connectivity index (χ0) is 10.8. The number of rotatable bonds is 3. The van der Waals surface area contributed by atoms with E-state index in [0.29, 0.717) is 0 Å². The molecule has 1 aromatic rings. The van der Waals surface area contributed by atoms with Gasteiger partial charge in [0.2, 0.25) is 0 Å². The van der Waals surface area contributed by atoms with Gasteiger partial charge in [0, 0.05) is 12.1 Å². The van der Waals surface area contributed by atoms with E-state index >= 15 is 0 Å². The number of hydrogen-bond acceptors (Lipinski definition) is 4. The van der Waals surface area contributed by atoms with Crippen molar-refractivity contribution in [2.45, 2.75) is 4.90 Å². The Labute approximate surface area is 82.0 Å². The fraction of sp³-hybridized carbons (Fsp3) is 0.250. The molecule has 1 rings (SSSR count). The van der Waals surface area contributed by atoms with Gasteiger partial charge in [-0.05, 0) is 0 Å². The van der Waals surface area contributed by atoms with Crippen LogP contribution in [0.2, 0.25) is 0 Å². The predicted octanol–water partition coefficient (Wildman–Crippen LogP) is 0.751. The molecule has 0 spiro atoms. The largest absolute Gasteiger partial charge is 0.497 e. The van der Waals surface area contributed by atoms with Crippen LogP contribution in [0.15, 0.2) is 17.0 Å². The van der Waals surface area contributed by atoms with Crippen molar-refractivity contribution in [2.24, 2.45) is 0 Å². The van der Waals surface area contributed by atoms with Gasteiger partial charge in [0.1, 0.15) is 16.4 Å². The lowest BCUT2D eigenvalue weighted by Crippen LogP contribution is -2.00. The van der Waals surface area contributed by atoms with Gasteiger partial charge < -0.3 is 9.47 Å². The zero-order valence-electron chi connectivity index (χ0n) is 7.64. The predicted molar refractivity (Wildman–Crippen MR) is 48.2 cm³/mol. The molecule has 0 fully saturated rings. The van der Waals surface area contributed by atoms with E-state index < -0.39 is 10.1 Å². The summed E-state index contributed by atoms with van der Waals surface area (Å²) in [5, 5.41) is 0. The van der Waals surface area contributed by atoms with Gasteiger partial charge in [-0.2, -0.15) is 8.42 Å². The van der Waals surface area contributed by atoms with Crippen LogP contribution in [0.3, 0.4) is 0 Å². The molecule has 0 aromatic heterocycles. The smallest absolute Gasteiger partial charge is 0.295 e. The first-order valence-corrected chi connectivity index (χ1v) is 5.04. The molecule has 6 heteroatoms. The summed E-state index contributed by atoms with van der Waals surface area (Å²) in [5.41, 5.74) is 0. The first-order valence-electron chi connectivity index (χ1n) is 3.60. The van der Waals surface area contributed by atoms with Crippen molar-refractivity contribution in [3.63, 3.8) is 0 Å². The molecule has 0 aliphatic carbocycles. The molecule has 77 valence electrons. The first kappa shape index (κ1) is 10.8. The second kappa shape index (κ2) is 3.85. The van der Waals surface area contributed by atoms with E-state index in [1.807, 2.05) is 0 Å². The Morgan fingerprint density at radius 3 is 2.36 bits per heavy atom. The minimum Gasteiger partial charge on any atom is -0.497 e. The lowest BCUT2D eigenvalue weighted by Gasteiger charge is -2.05. The van der Waals surface area contributed by atoms with Crippen molar-refractivity contribution in [3.8, 4) is 11.5 Å². The monoisotopic (exact) mass is 217 g/mol. The normalized spacial score (nSPS) is 11.1. The maximum Gasteiger partial charge on any atom is 0.295 e. The molecule has 0 amide bonds. The SMILES string of the molecule is COc1[c]c(S(=O)(=O)O)cc(OC)c1. The molecule has 0 atom stereocenters. The molecule has 0 bridgehead atoms. The molecule has 1 aromatic carbocycles. The summed E-state index contributed by atoms with van der Waals surface area (Å²) in [6.07, 6.45) is 0. The van der Waals surface area contributed by atoms with Gasteiger partial charge in [-0.15, -0.1) is 0 Å². The van der Waals surface area contributed by atoms with E-state index in [1.54, 1.807) is 0 Å². The van der Waals surface area contributed by atoms with E-state index in [9.17, 15) is 8.42 Å². The summed E-state index contributed by atoms with van der Waals surface area (Å²) in [4.78, 5) is -0.381. The van der Waals surface area contributed by atoms with Crippen LogP contribution in [0.5, 0.6) is 11.5 Å². The molecule has 0 aliphatic heterocycles. The molecule has 0 saturated carbocycles. The topological polar surface area (TPSA) is 72.8 Å². The Hall–Kier alpha value is -1.27. The van der Waals surface area contributed by atoms with E-state index in [2.05, 4.69) is 6.07 Å². The van der Waals surface area contributed by atoms with Crippen LogP contribution < -0.4 is 9.47 Å². The molecule has 5 nitrogen and oxygen atoms in total. The van der Waals surface area contributed by atoms with Gasteiger partial charge in [-0.1, -0.05) is 0 Å². The summed E-state index contributed by atoms with van der Waals surface area (Å²) < 4.78 is 39.9. The summed E-state index contributed by atoms with van der Waals surface area (Å²) in [5.74, 6) is 0.449. The zero-order valence-corrected chi connectivity index (χ0v) is 8.46. The van der Waals surface area contributed by atoms with Gasteiger partial charge in [0.05, 0.1) is 20.3 Å². The summed E-state index contributed by atoms with van der Waals surface area (Å²) >= 11 is 0. The Bertz CT molecular complexity index is 401. The molecular formula is C8H9O5S. The fourth-order valence-corrected chi connectivity index (χ4v) is 1.36. The van der Waals surface area contributed by atoms with E-state index in [-0.39, 0.29) is 16.4 Å².